The zero-order valence-corrected chi connectivity index (χ0v) is 21.3. The molecule has 0 bridgehead atoms. The summed E-state index contributed by atoms with van der Waals surface area (Å²) in [6.45, 7) is 7.96. The van der Waals surface area contributed by atoms with Crippen molar-refractivity contribution in [2.24, 2.45) is 0 Å². The number of anilines is 2. The highest BCUT2D eigenvalue weighted by Gasteiger charge is 2.29. The predicted octanol–water partition coefficient (Wildman–Crippen LogP) is 3.77. The van der Waals surface area contributed by atoms with Gasteiger partial charge in [0.05, 0.1) is 21.4 Å². The van der Waals surface area contributed by atoms with Gasteiger partial charge in [-0.1, -0.05) is 0 Å². The Kier molecular flexibility index (Phi) is 7.17. The molecule has 2 fully saturated rings. The number of sulfone groups is 1. The summed E-state index contributed by atoms with van der Waals surface area (Å²) in [5, 5.41) is -0.587. The van der Waals surface area contributed by atoms with E-state index < -0.39 is 20.9 Å². The van der Waals surface area contributed by atoms with Crippen molar-refractivity contribution in [2.45, 2.75) is 43.8 Å². The van der Waals surface area contributed by atoms with Crippen LogP contribution in [0.1, 0.15) is 54.3 Å². The highest BCUT2D eigenvalue weighted by Crippen LogP contribution is 2.30. The minimum Gasteiger partial charge on any atom is -0.371 e. The van der Waals surface area contributed by atoms with E-state index in [1.807, 2.05) is 4.90 Å². The summed E-state index contributed by atoms with van der Waals surface area (Å²) in [5.41, 5.74) is 1.90. The Morgan fingerprint density at radius 1 is 0.857 bits per heavy atom. The molecule has 4 rings (SSSR count). The molecule has 7 nitrogen and oxygen atoms in total. The van der Waals surface area contributed by atoms with Gasteiger partial charge in [0.2, 0.25) is 0 Å². The molecule has 0 aliphatic carbocycles. The van der Waals surface area contributed by atoms with Crippen LogP contribution in [-0.2, 0) is 9.84 Å². The molecule has 0 spiro atoms. The molecule has 2 aliphatic heterocycles. The SMILES string of the molecule is CC(=O)c1ccc(N2CCN(C(=O)c3cc(S(=O)(=O)C(C)C)ccc3N3CCCC3)CC2)c(F)c1. The smallest absolute Gasteiger partial charge is 0.256 e. The van der Waals surface area contributed by atoms with Crippen LogP contribution in [0.15, 0.2) is 41.3 Å². The zero-order chi connectivity index (χ0) is 25.3. The number of rotatable bonds is 6. The minimum absolute atomic E-state index is 0.157. The molecule has 35 heavy (non-hydrogen) atoms. The van der Waals surface area contributed by atoms with E-state index in [1.54, 1.807) is 43.0 Å². The summed E-state index contributed by atoms with van der Waals surface area (Å²) >= 11 is 0. The van der Waals surface area contributed by atoms with Gasteiger partial charge < -0.3 is 14.7 Å². The third kappa shape index (κ3) is 5.05. The maximum absolute atomic E-state index is 14.6. The molecule has 188 valence electrons. The average Bonchev–Trinajstić information content (AvgIpc) is 3.38. The number of carbonyl (C=O) groups excluding carboxylic acids is 2. The van der Waals surface area contributed by atoms with Crippen LogP contribution in [0, 0.1) is 5.82 Å². The van der Waals surface area contributed by atoms with Gasteiger partial charge in [-0.05, 0) is 70.0 Å². The number of benzene rings is 2. The van der Waals surface area contributed by atoms with Crippen LogP contribution in [0.3, 0.4) is 0 Å². The lowest BCUT2D eigenvalue weighted by Crippen LogP contribution is -2.49. The normalized spacial score (nSPS) is 16.8. The number of hydrogen-bond donors (Lipinski definition) is 0. The lowest BCUT2D eigenvalue weighted by Gasteiger charge is -2.37. The molecule has 9 heteroatoms. The lowest BCUT2D eigenvalue weighted by atomic mass is 10.1. The van der Waals surface area contributed by atoms with Crippen molar-refractivity contribution in [2.75, 3.05) is 49.1 Å². The molecule has 1 amide bonds. The van der Waals surface area contributed by atoms with Gasteiger partial charge in [-0.2, -0.15) is 0 Å². The summed E-state index contributed by atoms with van der Waals surface area (Å²) in [4.78, 5) is 31.0. The van der Waals surface area contributed by atoms with E-state index in [2.05, 4.69) is 4.90 Å². The number of halogens is 1. The molecule has 0 N–H and O–H groups in total. The first-order chi connectivity index (χ1) is 16.6. The summed E-state index contributed by atoms with van der Waals surface area (Å²) in [6, 6.07) is 9.35. The Balaban J connectivity index is 1.57. The van der Waals surface area contributed by atoms with Gasteiger partial charge in [-0.3, -0.25) is 9.59 Å². The number of hydrogen-bond acceptors (Lipinski definition) is 6. The Bertz CT molecular complexity index is 1230. The van der Waals surface area contributed by atoms with Gasteiger partial charge in [0.25, 0.3) is 5.91 Å². The Labute approximate surface area is 206 Å². The van der Waals surface area contributed by atoms with Crippen molar-refractivity contribution in [1.29, 1.82) is 0 Å². The minimum atomic E-state index is -3.53. The monoisotopic (exact) mass is 501 g/mol. The number of piperazine rings is 1. The van der Waals surface area contributed by atoms with E-state index in [0.29, 0.717) is 43.0 Å². The van der Waals surface area contributed by atoms with Crippen LogP contribution in [0.25, 0.3) is 0 Å². The molecule has 2 saturated heterocycles. The second kappa shape index (κ2) is 9.97. The molecule has 0 atom stereocenters. The van der Waals surface area contributed by atoms with Crippen LogP contribution in [-0.4, -0.2) is 69.5 Å². The van der Waals surface area contributed by atoms with Crippen molar-refractivity contribution in [3.05, 3.63) is 53.3 Å². The Morgan fingerprint density at radius 2 is 1.46 bits per heavy atom. The molecule has 0 aromatic heterocycles. The lowest BCUT2D eigenvalue weighted by molar-refractivity contribution is 0.0746. The molecule has 0 saturated carbocycles. The molecule has 2 aromatic rings. The maximum atomic E-state index is 14.6. The van der Waals surface area contributed by atoms with Crippen molar-refractivity contribution < 1.29 is 22.4 Å². The molecule has 2 heterocycles. The largest absolute Gasteiger partial charge is 0.371 e. The topological polar surface area (TPSA) is 78.0 Å². The average molecular weight is 502 g/mol. The van der Waals surface area contributed by atoms with Gasteiger partial charge in [-0.25, -0.2) is 12.8 Å². The number of Topliss-reactive ketones (excluding diaryl/α,β-unsaturated/α-hetero) is 1. The third-order valence-corrected chi connectivity index (χ3v) is 9.01. The van der Waals surface area contributed by atoms with Crippen LogP contribution in [0.2, 0.25) is 0 Å². The standard InChI is InChI=1S/C26H32FN3O4S/c1-18(2)35(33,34)21-7-9-24(28-10-4-5-11-28)22(17-21)26(32)30-14-12-29(13-15-30)25-8-6-20(19(3)31)16-23(25)27/h6-9,16-18H,4-5,10-15H2,1-3H3. The molecule has 2 aliphatic rings. The summed E-state index contributed by atoms with van der Waals surface area (Å²) in [7, 11) is -3.53. The van der Waals surface area contributed by atoms with Gasteiger partial charge >= 0.3 is 0 Å². The second-order valence-electron chi connectivity index (χ2n) is 9.47. The van der Waals surface area contributed by atoms with E-state index in [-0.39, 0.29) is 16.6 Å². The van der Waals surface area contributed by atoms with Crippen molar-refractivity contribution in [3.63, 3.8) is 0 Å². The second-order valence-corrected chi connectivity index (χ2v) is 12.0. The number of carbonyl (C=O) groups is 2. The fourth-order valence-electron chi connectivity index (χ4n) is 4.67. The number of amides is 1. The summed E-state index contributed by atoms with van der Waals surface area (Å²) in [6.07, 6.45) is 2.07. The molecule has 2 aromatic carbocycles. The molecular formula is C26H32FN3O4S. The van der Waals surface area contributed by atoms with Crippen molar-refractivity contribution in [3.8, 4) is 0 Å². The van der Waals surface area contributed by atoms with Crippen LogP contribution in [0.5, 0.6) is 0 Å². The van der Waals surface area contributed by atoms with E-state index in [9.17, 15) is 22.4 Å². The van der Waals surface area contributed by atoms with E-state index in [1.165, 1.54) is 19.1 Å². The van der Waals surface area contributed by atoms with Gasteiger partial charge in [0.15, 0.2) is 15.6 Å². The van der Waals surface area contributed by atoms with E-state index >= 15 is 0 Å². The highest BCUT2D eigenvalue weighted by atomic mass is 32.2. The first kappa shape index (κ1) is 25.2. The first-order valence-electron chi connectivity index (χ1n) is 12.1. The Hall–Kier alpha value is -2.94. The quantitative estimate of drug-likeness (QED) is 0.561. The predicted molar refractivity (Wildman–Crippen MR) is 135 cm³/mol. The van der Waals surface area contributed by atoms with E-state index in [4.69, 9.17) is 0 Å². The Morgan fingerprint density at radius 3 is 2.03 bits per heavy atom. The van der Waals surface area contributed by atoms with Gasteiger partial charge in [-0.15, -0.1) is 0 Å². The van der Waals surface area contributed by atoms with Crippen molar-refractivity contribution >= 4 is 32.9 Å². The van der Waals surface area contributed by atoms with Crippen molar-refractivity contribution in [1.82, 2.24) is 4.90 Å². The maximum Gasteiger partial charge on any atom is 0.256 e. The highest BCUT2D eigenvalue weighted by molar-refractivity contribution is 7.92. The third-order valence-electron chi connectivity index (χ3n) is 6.86. The van der Waals surface area contributed by atoms with Crippen LogP contribution in [0.4, 0.5) is 15.8 Å². The summed E-state index contributed by atoms with van der Waals surface area (Å²) in [5.74, 6) is -0.860. The number of nitrogens with zero attached hydrogens (tertiary/aromatic N) is 3. The first-order valence-corrected chi connectivity index (χ1v) is 13.6. The van der Waals surface area contributed by atoms with E-state index in [0.717, 1.165) is 31.6 Å². The fourth-order valence-corrected chi connectivity index (χ4v) is 5.76. The van der Waals surface area contributed by atoms with Crippen LogP contribution < -0.4 is 9.80 Å². The van der Waals surface area contributed by atoms with Gasteiger partial charge in [0.1, 0.15) is 5.82 Å². The number of ketones is 1. The molecule has 0 unspecified atom stereocenters. The molecular weight excluding hydrogens is 469 g/mol. The fraction of sp³-hybridized carbons (Fsp3) is 0.462. The van der Waals surface area contributed by atoms with Gasteiger partial charge in [0, 0.05) is 50.5 Å². The summed E-state index contributed by atoms with van der Waals surface area (Å²) < 4.78 is 40.2. The van der Waals surface area contributed by atoms with Crippen LogP contribution >= 0.6 is 0 Å². The molecule has 0 radical (unpaired) electrons. The zero-order valence-electron chi connectivity index (χ0n) is 20.5.